The number of aromatic carboxylic acids is 1. The molecule has 0 atom stereocenters. The fraction of sp³-hybridized carbons (Fsp3) is 0.176. The molecule has 0 unspecified atom stereocenters. The molecule has 0 aliphatic heterocycles. The highest BCUT2D eigenvalue weighted by atomic mass is 16.4. The lowest BCUT2D eigenvalue weighted by Crippen LogP contribution is -2.16. The molecule has 1 amide bonds. The van der Waals surface area contributed by atoms with Crippen molar-refractivity contribution in [2.75, 3.05) is 0 Å². The van der Waals surface area contributed by atoms with Crippen molar-refractivity contribution in [2.45, 2.75) is 20.3 Å². The van der Waals surface area contributed by atoms with Gasteiger partial charge in [-0.25, -0.2) is 10.2 Å². The number of nitriles is 1. The molecule has 0 spiro atoms. The maximum atomic E-state index is 11.2. The molecular formula is C17H16N4O3. The van der Waals surface area contributed by atoms with Gasteiger partial charge < -0.3 is 9.67 Å². The smallest absolute Gasteiger partial charge is 0.335 e. The Kier molecular flexibility index (Phi) is 5.12. The van der Waals surface area contributed by atoms with Gasteiger partial charge in [-0.15, -0.1) is 0 Å². The number of benzene rings is 1. The summed E-state index contributed by atoms with van der Waals surface area (Å²) in [5, 5.41) is 21.4. The van der Waals surface area contributed by atoms with E-state index in [0.29, 0.717) is 0 Å². The standard InChI is InChI=1S/C17H16N4O3/c1-11-8-14(10-19-20-16(22)6-7-18)12(2)21(11)15-5-3-4-13(9-15)17(23)24/h3-5,8-10H,6H2,1-2H3,(H,20,22)(H,23,24)/b19-10+. The largest absolute Gasteiger partial charge is 0.478 e. The number of rotatable bonds is 5. The predicted molar refractivity (Wildman–Crippen MR) is 88.2 cm³/mol. The highest BCUT2D eigenvalue weighted by molar-refractivity contribution is 5.88. The average molecular weight is 324 g/mol. The van der Waals surface area contributed by atoms with E-state index in [9.17, 15) is 9.59 Å². The van der Waals surface area contributed by atoms with Gasteiger partial charge in [0.25, 0.3) is 5.91 Å². The van der Waals surface area contributed by atoms with Crippen molar-refractivity contribution < 1.29 is 14.7 Å². The first-order valence-electron chi connectivity index (χ1n) is 7.15. The summed E-state index contributed by atoms with van der Waals surface area (Å²) in [6.07, 6.45) is 1.24. The van der Waals surface area contributed by atoms with Gasteiger partial charge in [-0.3, -0.25) is 4.79 Å². The Hall–Kier alpha value is -3.40. The van der Waals surface area contributed by atoms with Gasteiger partial charge in [-0.1, -0.05) is 6.07 Å². The molecule has 1 aromatic carbocycles. The number of aryl methyl sites for hydroxylation is 1. The van der Waals surface area contributed by atoms with Crippen molar-refractivity contribution in [1.82, 2.24) is 9.99 Å². The van der Waals surface area contributed by atoms with E-state index in [1.807, 2.05) is 30.5 Å². The van der Waals surface area contributed by atoms with Crippen LogP contribution in [-0.4, -0.2) is 27.8 Å². The van der Waals surface area contributed by atoms with E-state index in [4.69, 9.17) is 10.4 Å². The molecule has 1 heterocycles. The first kappa shape index (κ1) is 17.0. The summed E-state index contributed by atoms with van der Waals surface area (Å²) in [6.45, 7) is 3.77. The molecule has 1 aromatic heterocycles. The molecule has 0 fully saturated rings. The van der Waals surface area contributed by atoms with Gasteiger partial charge in [0.1, 0.15) is 6.42 Å². The van der Waals surface area contributed by atoms with Crippen molar-refractivity contribution in [3.63, 3.8) is 0 Å². The number of carbonyl (C=O) groups excluding carboxylic acids is 1. The lowest BCUT2D eigenvalue weighted by molar-refractivity contribution is -0.120. The molecule has 0 radical (unpaired) electrons. The zero-order chi connectivity index (χ0) is 17.7. The van der Waals surface area contributed by atoms with Gasteiger partial charge in [0.05, 0.1) is 17.8 Å². The zero-order valence-corrected chi connectivity index (χ0v) is 13.3. The number of aromatic nitrogens is 1. The maximum absolute atomic E-state index is 11.2. The minimum absolute atomic E-state index is 0.207. The fourth-order valence-electron chi connectivity index (χ4n) is 2.38. The second-order valence-corrected chi connectivity index (χ2v) is 5.15. The Morgan fingerprint density at radius 3 is 2.79 bits per heavy atom. The summed E-state index contributed by atoms with van der Waals surface area (Å²) in [4.78, 5) is 22.3. The quantitative estimate of drug-likeness (QED) is 0.649. The second-order valence-electron chi connectivity index (χ2n) is 5.15. The summed E-state index contributed by atoms with van der Waals surface area (Å²) in [5.41, 5.74) is 5.75. The molecule has 0 saturated carbocycles. The van der Waals surface area contributed by atoms with Crippen molar-refractivity contribution in [3.05, 3.63) is 52.8 Å². The summed E-state index contributed by atoms with van der Waals surface area (Å²) in [6, 6.07) is 10.3. The number of hydrogen-bond donors (Lipinski definition) is 2. The second kappa shape index (κ2) is 7.24. The topological polar surface area (TPSA) is 107 Å². The number of carboxylic acid groups (broad SMARTS) is 1. The maximum Gasteiger partial charge on any atom is 0.335 e. The minimum atomic E-state index is -0.985. The van der Waals surface area contributed by atoms with Crippen LogP contribution in [0.15, 0.2) is 35.4 Å². The van der Waals surface area contributed by atoms with Crippen LogP contribution in [-0.2, 0) is 4.79 Å². The van der Waals surface area contributed by atoms with E-state index in [-0.39, 0.29) is 12.0 Å². The third kappa shape index (κ3) is 3.67. The Labute approximate surface area is 138 Å². The van der Waals surface area contributed by atoms with E-state index in [1.165, 1.54) is 12.3 Å². The number of carbonyl (C=O) groups is 2. The van der Waals surface area contributed by atoms with Crippen LogP contribution in [0.3, 0.4) is 0 Å². The molecule has 2 N–H and O–H groups in total. The molecule has 0 aliphatic carbocycles. The van der Waals surface area contributed by atoms with Crippen molar-refractivity contribution in [2.24, 2.45) is 5.10 Å². The van der Waals surface area contributed by atoms with Crippen LogP contribution in [0.4, 0.5) is 0 Å². The summed E-state index contributed by atoms with van der Waals surface area (Å²) < 4.78 is 1.91. The lowest BCUT2D eigenvalue weighted by Gasteiger charge is -2.10. The third-order valence-corrected chi connectivity index (χ3v) is 3.45. The van der Waals surface area contributed by atoms with Crippen molar-refractivity contribution in [3.8, 4) is 11.8 Å². The van der Waals surface area contributed by atoms with Crippen LogP contribution in [0.2, 0.25) is 0 Å². The summed E-state index contributed by atoms with van der Waals surface area (Å²) >= 11 is 0. The molecule has 24 heavy (non-hydrogen) atoms. The summed E-state index contributed by atoms with van der Waals surface area (Å²) in [5.74, 6) is -1.46. The Morgan fingerprint density at radius 2 is 2.12 bits per heavy atom. The Balaban J connectivity index is 2.31. The molecule has 2 aromatic rings. The first-order chi connectivity index (χ1) is 11.4. The Morgan fingerprint density at radius 1 is 1.38 bits per heavy atom. The number of nitrogens with zero attached hydrogens (tertiary/aromatic N) is 3. The van der Waals surface area contributed by atoms with Crippen molar-refractivity contribution in [1.29, 1.82) is 5.26 Å². The number of nitrogens with one attached hydrogen (secondary N) is 1. The lowest BCUT2D eigenvalue weighted by atomic mass is 10.2. The molecule has 7 heteroatoms. The third-order valence-electron chi connectivity index (χ3n) is 3.45. The van der Waals surface area contributed by atoms with Crippen LogP contribution < -0.4 is 5.43 Å². The van der Waals surface area contributed by atoms with Crippen molar-refractivity contribution >= 4 is 18.1 Å². The van der Waals surface area contributed by atoms with E-state index in [1.54, 1.807) is 18.2 Å². The molecule has 0 aliphatic rings. The molecular weight excluding hydrogens is 308 g/mol. The van der Waals surface area contributed by atoms with Gasteiger partial charge >= 0.3 is 5.97 Å². The first-order valence-corrected chi connectivity index (χ1v) is 7.15. The summed E-state index contributed by atoms with van der Waals surface area (Å²) in [7, 11) is 0. The predicted octanol–water partition coefficient (Wildman–Crippen LogP) is 2.16. The van der Waals surface area contributed by atoms with E-state index in [0.717, 1.165) is 22.6 Å². The van der Waals surface area contributed by atoms with Gasteiger partial charge in [0.2, 0.25) is 0 Å². The van der Waals surface area contributed by atoms with Crippen LogP contribution in [0, 0.1) is 25.2 Å². The molecule has 7 nitrogen and oxygen atoms in total. The Bertz CT molecular complexity index is 859. The highest BCUT2D eigenvalue weighted by Crippen LogP contribution is 2.20. The highest BCUT2D eigenvalue weighted by Gasteiger charge is 2.11. The molecule has 0 bridgehead atoms. The van der Waals surface area contributed by atoms with Gasteiger partial charge in [-0.2, -0.15) is 10.4 Å². The minimum Gasteiger partial charge on any atom is -0.478 e. The normalized spacial score (nSPS) is 10.5. The fourth-order valence-corrected chi connectivity index (χ4v) is 2.38. The molecule has 122 valence electrons. The zero-order valence-electron chi connectivity index (χ0n) is 13.3. The number of hydrogen-bond acceptors (Lipinski definition) is 4. The van der Waals surface area contributed by atoms with E-state index < -0.39 is 11.9 Å². The average Bonchev–Trinajstić information content (AvgIpc) is 2.82. The van der Waals surface area contributed by atoms with Crippen LogP contribution in [0.5, 0.6) is 0 Å². The van der Waals surface area contributed by atoms with Gasteiger partial charge in [0.15, 0.2) is 0 Å². The van der Waals surface area contributed by atoms with E-state index in [2.05, 4.69) is 10.5 Å². The van der Waals surface area contributed by atoms with Gasteiger partial charge in [-0.05, 0) is 38.1 Å². The molecule has 0 saturated heterocycles. The SMILES string of the molecule is Cc1cc(/C=N/NC(=O)CC#N)c(C)n1-c1cccc(C(=O)O)c1. The monoisotopic (exact) mass is 324 g/mol. The van der Waals surface area contributed by atoms with Crippen LogP contribution in [0.1, 0.15) is 33.7 Å². The van der Waals surface area contributed by atoms with Gasteiger partial charge in [0, 0.05) is 22.6 Å². The van der Waals surface area contributed by atoms with Crippen LogP contribution >= 0.6 is 0 Å². The number of hydrazone groups is 1. The molecule has 2 rings (SSSR count). The van der Waals surface area contributed by atoms with Crippen LogP contribution in [0.25, 0.3) is 5.69 Å². The number of amides is 1. The number of carboxylic acids is 1. The van der Waals surface area contributed by atoms with E-state index >= 15 is 0 Å².